The zero-order chi connectivity index (χ0) is 18.7. The zero-order valence-corrected chi connectivity index (χ0v) is 14.7. The number of carbonyl (C=O) groups is 4. The van der Waals surface area contributed by atoms with E-state index in [1.807, 2.05) is 0 Å². The first-order valence-electron chi connectivity index (χ1n) is 8.74. The summed E-state index contributed by atoms with van der Waals surface area (Å²) in [5, 5.41) is 0. The lowest BCUT2D eigenvalue weighted by atomic mass is 9.81. The minimum atomic E-state index is -0.759. The van der Waals surface area contributed by atoms with E-state index in [0.29, 0.717) is 18.6 Å². The highest BCUT2D eigenvalue weighted by atomic mass is 16.5. The molecule has 8 heteroatoms. The molecule has 2 atom stereocenters. The fraction of sp³-hybridized carbons (Fsp3) is 0.556. The van der Waals surface area contributed by atoms with Crippen LogP contribution in [0.5, 0.6) is 0 Å². The highest BCUT2D eigenvalue weighted by molar-refractivity contribution is 6.07. The van der Waals surface area contributed by atoms with Gasteiger partial charge in [0.15, 0.2) is 6.61 Å². The van der Waals surface area contributed by atoms with Crippen LogP contribution in [0.25, 0.3) is 0 Å². The Kier molecular flexibility index (Phi) is 5.39. The molecule has 1 aromatic heterocycles. The van der Waals surface area contributed by atoms with E-state index in [1.54, 1.807) is 19.2 Å². The Labute approximate surface area is 151 Å². The van der Waals surface area contributed by atoms with Crippen LogP contribution in [-0.4, -0.2) is 53.7 Å². The average Bonchev–Trinajstić information content (AvgIpc) is 3.23. The van der Waals surface area contributed by atoms with Crippen LogP contribution in [0.1, 0.15) is 31.4 Å². The highest BCUT2D eigenvalue weighted by Gasteiger charge is 2.48. The number of ether oxygens (including phenoxy) is 1. The van der Waals surface area contributed by atoms with Crippen molar-refractivity contribution in [1.29, 1.82) is 0 Å². The monoisotopic (exact) mass is 362 g/mol. The Morgan fingerprint density at radius 1 is 1.23 bits per heavy atom. The molecule has 2 heterocycles. The van der Waals surface area contributed by atoms with Crippen LogP contribution in [0.4, 0.5) is 0 Å². The molecule has 2 unspecified atom stereocenters. The van der Waals surface area contributed by atoms with Gasteiger partial charge in [0.25, 0.3) is 5.91 Å². The smallest absolute Gasteiger partial charge is 0.326 e. The SMILES string of the molecule is CN(Cc1ccco1)C(=O)COC(=O)CN1C(=O)C2CCCCC2C1=O. The summed E-state index contributed by atoms with van der Waals surface area (Å²) in [6.45, 7) is -0.616. The molecular formula is C18H22N2O6. The van der Waals surface area contributed by atoms with Crippen molar-refractivity contribution in [3.05, 3.63) is 24.2 Å². The first-order valence-corrected chi connectivity index (χ1v) is 8.74. The fourth-order valence-corrected chi connectivity index (χ4v) is 3.54. The molecule has 1 aliphatic carbocycles. The molecule has 1 aromatic rings. The molecule has 0 spiro atoms. The molecule has 26 heavy (non-hydrogen) atoms. The molecule has 0 N–H and O–H groups in total. The molecule has 2 fully saturated rings. The minimum Gasteiger partial charge on any atom is -0.467 e. The van der Waals surface area contributed by atoms with Crippen LogP contribution in [0, 0.1) is 11.8 Å². The van der Waals surface area contributed by atoms with Gasteiger partial charge in [0.05, 0.1) is 24.6 Å². The lowest BCUT2D eigenvalue weighted by Crippen LogP contribution is -2.38. The Balaban J connectivity index is 1.47. The van der Waals surface area contributed by atoms with Crippen molar-refractivity contribution in [2.75, 3.05) is 20.2 Å². The van der Waals surface area contributed by atoms with Crippen LogP contribution < -0.4 is 0 Å². The predicted molar refractivity (Wildman–Crippen MR) is 88.3 cm³/mol. The van der Waals surface area contributed by atoms with Crippen LogP contribution in [0.2, 0.25) is 0 Å². The molecule has 3 amide bonds. The van der Waals surface area contributed by atoms with Gasteiger partial charge in [-0.05, 0) is 25.0 Å². The lowest BCUT2D eigenvalue weighted by molar-refractivity contribution is -0.156. The van der Waals surface area contributed by atoms with Crippen molar-refractivity contribution in [3.8, 4) is 0 Å². The van der Waals surface area contributed by atoms with E-state index in [0.717, 1.165) is 17.7 Å². The van der Waals surface area contributed by atoms with Crippen molar-refractivity contribution in [3.63, 3.8) is 0 Å². The second-order valence-corrected chi connectivity index (χ2v) is 6.75. The van der Waals surface area contributed by atoms with Gasteiger partial charge < -0.3 is 14.1 Å². The standard InChI is InChI=1S/C18H22N2O6/c1-19(9-12-5-4-8-25-12)15(21)11-26-16(22)10-20-17(23)13-6-2-3-7-14(13)18(20)24/h4-5,8,13-14H,2-3,6-7,9-11H2,1H3. The first-order chi connectivity index (χ1) is 12.5. The van der Waals surface area contributed by atoms with Gasteiger partial charge in [-0.25, -0.2) is 0 Å². The summed E-state index contributed by atoms with van der Waals surface area (Å²) in [6.07, 6.45) is 4.74. The van der Waals surface area contributed by atoms with Gasteiger partial charge in [-0.2, -0.15) is 0 Å². The summed E-state index contributed by atoms with van der Waals surface area (Å²) in [7, 11) is 1.57. The van der Waals surface area contributed by atoms with Gasteiger partial charge in [-0.3, -0.25) is 24.1 Å². The van der Waals surface area contributed by atoms with E-state index in [4.69, 9.17) is 9.15 Å². The topological polar surface area (TPSA) is 97.1 Å². The van der Waals surface area contributed by atoms with E-state index in [9.17, 15) is 19.2 Å². The van der Waals surface area contributed by atoms with E-state index in [1.165, 1.54) is 11.2 Å². The Bertz CT molecular complexity index is 675. The normalized spacial score (nSPS) is 22.3. The van der Waals surface area contributed by atoms with Crippen molar-refractivity contribution in [1.82, 2.24) is 9.80 Å². The van der Waals surface area contributed by atoms with E-state index >= 15 is 0 Å². The van der Waals surface area contributed by atoms with Crippen molar-refractivity contribution < 1.29 is 28.3 Å². The molecule has 3 rings (SSSR count). The van der Waals surface area contributed by atoms with Crippen molar-refractivity contribution >= 4 is 23.7 Å². The predicted octanol–water partition coefficient (Wildman–Crippen LogP) is 0.956. The Morgan fingerprint density at radius 2 is 1.88 bits per heavy atom. The number of likely N-dealkylation sites (N-methyl/N-ethyl adjacent to an activating group) is 1. The Morgan fingerprint density at radius 3 is 2.46 bits per heavy atom. The number of rotatable bonds is 6. The molecule has 1 saturated carbocycles. The van der Waals surface area contributed by atoms with Crippen LogP contribution in [0.3, 0.4) is 0 Å². The van der Waals surface area contributed by atoms with E-state index in [2.05, 4.69) is 0 Å². The number of hydrogen-bond donors (Lipinski definition) is 0. The maximum Gasteiger partial charge on any atom is 0.326 e. The molecule has 0 bridgehead atoms. The summed E-state index contributed by atoms with van der Waals surface area (Å²) in [5.41, 5.74) is 0. The maximum atomic E-state index is 12.3. The second kappa shape index (κ2) is 7.72. The third kappa shape index (κ3) is 3.79. The largest absolute Gasteiger partial charge is 0.467 e. The summed E-state index contributed by atoms with van der Waals surface area (Å²) in [6, 6.07) is 3.45. The third-order valence-electron chi connectivity index (χ3n) is 4.98. The number of hydrogen-bond acceptors (Lipinski definition) is 6. The molecular weight excluding hydrogens is 340 g/mol. The first kappa shape index (κ1) is 18.2. The summed E-state index contributed by atoms with van der Waals surface area (Å²) in [4.78, 5) is 51.0. The number of esters is 1. The number of imide groups is 1. The van der Waals surface area contributed by atoms with Crippen molar-refractivity contribution in [2.45, 2.75) is 32.2 Å². The van der Waals surface area contributed by atoms with Gasteiger partial charge in [-0.15, -0.1) is 0 Å². The lowest BCUT2D eigenvalue weighted by Gasteiger charge is -2.19. The number of furan rings is 1. The van der Waals surface area contributed by atoms with Crippen LogP contribution >= 0.6 is 0 Å². The molecule has 1 aliphatic heterocycles. The number of likely N-dealkylation sites (tertiary alicyclic amines) is 1. The molecule has 2 aliphatic rings. The summed E-state index contributed by atoms with van der Waals surface area (Å²) < 4.78 is 10.1. The second-order valence-electron chi connectivity index (χ2n) is 6.75. The molecule has 140 valence electrons. The average molecular weight is 362 g/mol. The van der Waals surface area contributed by atoms with Gasteiger partial charge in [0.1, 0.15) is 12.3 Å². The van der Waals surface area contributed by atoms with Crippen LogP contribution in [-0.2, 0) is 30.5 Å². The summed E-state index contributed by atoms with van der Waals surface area (Å²) in [5.74, 6) is -1.73. The van der Waals surface area contributed by atoms with Gasteiger partial charge in [0, 0.05) is 7.05 Å². The maximum absolute atomic E-state index is 12.3. The van der Waals surface area contributed by atoms with Gasteiger partial charge >= 0.3 is 5.97 Å². The quantitative estimate of drug-likeness (QED) is 0.552. The molecule has 8 nitrogen and oxygen atoms in total. The molecule has 1 saturated heterocycles. The van der Waals surface area contributed by atoms with E-state index < -0.39 is 25.0 Å². The fourth-order valence-electron chi connectivity index (χ4n) is 3.54. The number of amides is 3. The zero-order valence-electron chi connectivity index (χ0n) is 14.7. The van der Waals surface area contributed by atoms with Crippen LogP contribution in [0.15, 0.2) is 22.8 Å². The van der Waals surface area contributed by atoms with Crippen molar-refractivity contribution in [2.24, 2.45) is 11.8 Å². The third-order valence-corrected chi connectivity index (χ3v) is 4.98. The highest BCUT2D eigenvalue weighted by Crippen LogP contribution is 2.37. The minimum absolute atomic E-state index is 0.260. The number of carbonyl (C=O) groups excluding carboxylic acids is 4. The van der Waals surface area contributed by atoms with Gasteiger partial charge in [0.2, 0.25) is 11.8 Å². The summed E-state index contributed by atoms with van der Waals surface area (Å²) >= 11 is 0. The molecule has 0 radical (unpaired) electrons. The Hall–Kier alpha value is -2.64. The van der Waals surface area contributed by atoms with E-state index in [-0.39, 0.29) is 30.2 Å². The molecule has 0 aromatic carbocycles. The van der Waals surface area contributed by atoms with Gasteiger partial charge in [-0.1, -0.05) is 12.8 Å². The number of fused-ring (bicyclic) bond motifs is 1. The number of nitrogens with zero attached hydrogens (tertiary/aromatic N) is 2.